The van der Waals surface area contributed by atoms with Crippen molar-refractivity contribution in [3.05, 3.63) is 63.8 Å². The molecule has 0 aliphatic rings. The maximum Gasteiger partial charge on any atom is 0.341 e. The van der Waals surface area contributed by atoms with Crippen molar-refractivity contribution < 1.29 is 9.90 Å². The summed E-state index contributed by atoms with van der Waals surface area (Å²) in [7, 11) is 0. The number of pyridine rings is 2. The van der Waals surface area contributed by atoms with Crippen LogP contribution in [-0.2, 0) is 6.54 Å². The van der Waals surface area contributed by atoms with Crippen molar-refractivity contribution >= 4 is 5.97 Å². The van der Waals surface area contributed by atoms with Gasteiger partial charge in [0.2, 0.25) is 0 Å². The number of rotatable bonds is 3. The Balaban J connectivity index is 2.38. The summed E-state index contributed by atoms with van der Waals surface area (Å²) in [6, 6.07) is 8.35. The van der Waals surface area contributed by atoms with Crippen LogP contribution in [0.1, 0.15) is 21.7 Å². The van der Waals surface area contributed by atoms with Crippen LogP contribution in [0.5, 0.6) is 0 Å². The van der Waals surface area contributed by atoms with Crippen molar-refractivity contribution in [1.29, 1.82) is 0 Å². The molecule has 5 nitrogen and oxygen atoms in total. The molecular weight excluding hydrogens is 232 g/mol. The van der Waals surface area contributed by atoms with Crippen LogP contribution in [-0.4, -0.2) is 20.6 Å². The molecule has 0 atom stereocenters. The lowest BCUT2D eigenvalue weighted by Gasteiger charge is -2.06. The first kappa shape index (κ1) is 12.0. The molecule has 0 amide bonds. The Labute approximate surface area is 103 Å². The number of carboxylic acids is 1. The minimum Gasteiger partial charge on any atom is -0.477 e. The number of hydrogen-bond donors (Lipinski definition) is 1. The molecule has 0 saturated heterocycles. The number of aromatic nitrogens is 2. The highest BCUT2D eigenvalue weighted by Gasteiger charge is 2.10. The van der Waals surface area contributed by atoms with Gasteiger partial charge >= 0.3 is 5.97 Å². The third-order valence-corrected chi connectivity index (χ3v) is 2.53. The molecule has 92 valence electrons. The molecule has 0 spiro atoms. The number of hydrogen-bond acceptors (Lipinski definition) is 3. The van der Waals surface area contributed by atoms with Crippen molar-refractivity contribution in [2.45, 2.75) is 13.5 Å². The third kappa shape index (κ3) is 2.45. The summed E-state index contributed by atoms with van der Waals surface area (Å²) < 4.78 is 1.34. The van der Waals surface area contributed by atoms with Gasteiger partial charge in [-0.2, -0.15) is 0 Å². The van der Waals surface area contributed by atoms with E-state index in [2.05, 4.69) is 4.98 Å². The molecule has 2 heterocycles. The molecule has 0 aliphatic heterocycles. The molecule has 0 bridgehead atoms. The van der Waals surface area contributed by atoms with E-state index in [1.807, 2.05) is 19.1 Å². The normalized spacial score (nSPS) is 10.3. The Hall–Kier alpha value is -2.43. The molecule has 0 radical (unpaired) electrons. The van der Waals surface area contributed by atoms with E-state index in [1.54, 1.807) is 18.3 Å². The fourth-order valence-electron chi connectivity index (χ4n) is 1.69. The number of nitrogens with zero attached hydrogens (tertiary/aromatic N) is 2. The number of aromatic carboxylic acids is 1. The summed E-state index contributed by atoms with van der Waals surface area (Å²) in [5, 5.41) is 8.87. The third-order valence-electron chi connectivity index (χ3n) is 2.53. The number of carbonyl (C=O) groups is 1. The number of carboxylic acid groups (broad SMARTS) is 1. The Morgan fingerprint density at radius 2 is 2.11 bits per heavy atom. The highest BCUT2D eigenvalue weighted by atomic mass is 16.4. The molecule has 18 heavy (non-hydrogen) atoms. The number of aryl methyl sites for hydroxylation is 1. The van der Waals surface area contributed by atoms with Crippen molar-refractivity contribution in [1.82, 2.24) is 9.55 Å². The van der Waals surface area contributed by atoms with Gasteiger partial charge < -0.3 is 9.67 Å². The molecule has 2 aromatic rings. The highest BCUT2D eigenvalue weighted by molar-refractivity contribution is 5.86. The molecule has 0 aliphatic carbocycles. The van der Waals surface area contributed by atoms with E-state index in [0.717, 1.165) is 11.4 Å². The first-order chi connectivity index (χ1) is 8.58. The van der Waals surface area contributed by atoms with Crippen LogP contribution >= 0.6 is 0 Å². The second-order valence-electron chi connectivity index (χ2n) is 3.93. The molecule has 0 unspecified atom stereocenters. The highest BCUT2D eigenvalue weighted by Crippen LogP contribution is 2.01. The van der Waals surface area contributed by atoms with Crippen LogP contribution in [0.3, 0.4) is 0 Å². The van der Waals surface area contributed by atoms with Gasteiger partial charge in [-0.25, -0.2) is 4.79 Å². The minimum atomic E-state index is -1.22. The van der Waals surface area contributed by atoms with E-state index in [4.69, 9.17) is 5.11 Å². The standard InChI is InChI=1S/C13H12N2O3/c1-9-4-2-5-10(14-9)8-15-7-3-6-11(12(15)16)13(17)18/h2-7H,8H2,1H3,(H,17,18). The molecule has 1 N–H and O–H groups in total. The van der Waals surface area contributed by atoms with Crippen LogP contribution < -0.4 is 5.56 Å². The molecule has 0 fully saturated rings. The summed E-state index contributed by atoms with van der Waals surface area (Å²) in [4.78, 5) is 27.0. The second kappa shape index (κ2) is 4.83. The zero-order chi connectivity index (χ0) is 13.1. The van der Waals surface area contributed by atoms with E-state index in [-0.39, 0.29) is 12.1 Å². The first-order valence-corrected chi connectivity index (χ1v) is 5.43. The Kier molecular flexibility index (Phi) is 3.23. The Morgan fingerprint density at radius 3 is 2.78 bits per heavy atom. The van der Waals surface area contributed by atoms with Gasteiger partial charge in [0.25, 0.3) is 5.56 Å². The lowest BCUT2D eigenvalue weighted by atomic mass is 10.2. The molecule has 0 saturated carbocycles. The van der Waals surface area contributed by atoms with Crippen molar-refractivity contribution in [3.8, 4) is 0 Å². The average molecular weight is 244 g/mol. The van der Waals surface area contributed by atoms with E-state index in [9.17, 15) is 9.59 Å². The van der Waals surface area contributed by atoms with E-state index in [0.29, 0.717) is 0 Å². The van der Waals surface area contributed by atoms with Gasteiger partial charge in [0.1, 0.15) is 5.56 Å². The molecule has 0 aromatic carbocycles. The van der Waals surface area contributed by atoms with Crippen molar-refractivity contribution in [2.75, 3.05) is 0 Å². The van der Waals surface area contributed by atoms with Gasteiger partial charge in [-0.05, 0) is 31.2 Å². The molecular formula is C13H12N2O3. The summed E-state index contributed by atoms with van der Waals surface area (Å²) in [6.45, 7) is 2.13. The fraction of sp³-hybridized carbons (Fsp3) is 0.154. The molecule has 5 heteroatoms. The first-order valence-electron chi connectivity index (χ1n) is 5.43. The van der Waals surface area contributed by atoms with Gasteiger partial charge in [-0.1, -0.05) is 6.07 Å². The zero-order valence-electron chi connectivity index (χ0n) is 9.83. The predicted molar refractivity (Wildman–Crippen MR) is 65.7 cm³/mol. The Morgan fingerprint density at radius 1 is 1.33 bits per heavy atom. The van der Waals surface area contributed by atoms with Gasteiger partial charge in [0.15, 0.2) is 0 Å². The Bertz CT molecular complexity index is 647. The average Bonchev–Trinajstić information content (AvgIpc) is 2.31. The van der Waals surface area contributed by atoms with Crippen LogP contribution in [0, 0.1) is 6.92 Å². The second-order valence-corrected chi connectivity index (χ2v) is 3.93. The predicted octanol–water partition coefficient (Wildman–Crippen LogP) is 1.30. The monoisotopic (exact) mass is 244 g/mol. The van der Waals surface area contributed by atoms with Gasteiger partial charge in [0.05, 0.1) is 12.2 Å². The van der Waals surface area contributed by atoms with Crippen LogP contribution in [0.2, 0.25) is 0 Å². The van der Waals surface area contributed by atoms with Crippen LogP contribution in [0.4, 0.5) is 0 Å². The van der Waals surface area contributed by atoms with Crippen LogP contribution in [0.25, 0.3) is 0 Å². The topological polar surface area (TPSA) is 72.2 Å². The fourth-order valence-corrected chi connectivity index (χ4v) is 1.69. The maximum absolute atomic E-state index is 11.9. The smallest absolute Gasteiger partial charge is 0.341 e. The summed E-state index contributed by atoms with van der Waals surface area (Å²) in [6.07, 6.45) is 1.55. The zero-order valence-corrected chi connectivity index (χ0v) is 9.83. The quantitative estimate of drug-likeness (QED) is 0.883. The van der Waals surface area contributed by atoms with Gasteiger partial charge in [-0.15, -0.1) is 0 Å². The SMILES string of the molecule is Cc1cccc(Cn2cccc(C(=O)O)c2=O)n1. The lowest BCUT2D eigenvalue weighted by molar-refractivity contribution is 0.0694. The summed E-state index contributed by atoms with van der Waals surface area (Å²) in [5.41, 5.74) is 0.827. The van der Waals surface area contributed by atoms with E-state index >= 15 is 0 Å². The minimum absolute atomic E-state index is 0.231. The summed E-state index contributed by atoms with van der Waals surface area (Å²) >= 11 is 0. The van der Waals surface area contributed by atoms with Crippen molar-refractivity contribution in [2.24, 2.45) is 0 Å². The van der Waals surface area contributed by atoms with E-state index < -0.39 is 11.5 Å². The summed E-state index contributed by atoms with van der Waals surface area (Å²) in [5.74, 6) is -1.22. The largest absolute Gasteiger partial charge is 0.477 e. The molecule has 2 rings (SSSR count). The lowest BCUT2D eigenvalue weighted by Crippen LogP contribution is -2.26. The molecule has 2 aromatic heterocycles. The van der Waals surface area contributed by atoms with E-state index in [1.165, 1.54) is 10.6 Å². The van der Waals surface area contributed by atoms with Gasteiger partial charge in [0, 0.05) is 11.9 Å². The van der Waals surface area contributed by atoms with Gasteiger partial charge in [-0.3, -0.25) is 9.78 Å². The maximum atomic E-state index is 11.9. The van der Waals surface area contributed by atoms with Crippen molar-refractivity contribution in [3.63, 3.8) is 0 Å². The van der Waals surface area contributed by atoms with Crippen LogP contribution in [0.15, 0.2) is 41.3 Å².